The zero-order chi connectivity index (χ0) is 12.5. The molecular weight excluding hydrogens is 222 g/mol. The number of halogens is 2. The first-order valence-electron chi connectivity index (χ1n) is 6.15. The fraction of sp³-hybridized carbons (Fsp3) is 0.571. The minimum absolute atomic E-state index is 0.414. The molecule has 0 spiro atoms. The molecule has 0 aliphatic heterocycles. The topological polar surface area (TPSA) is 20.2 Å². The summed E-state index contributed by atoms with van der Waals surface area (Å²) in [7, 11) is 0. The maximum absolute atomic E-state index is 13.1. The van der Waals surface area contributed by atoms with Crippen molar-refractivity contribution in [3.05, 3.63) is 35.4 Å². The van der Waals surface area contributed by atoms with Crippen molar-refractivity contribution in [2.24, 2.45) is 5.92 Å². The van der Waals surface area contributed by atoms with Crippen molar-refractivity contribution >= 4 is 0 Å². The largest absolute Gasteiger partial charge is 0.390 e. The highest BCUT2D eigenvalue weighted by Gasteiger charge is 2.31. The summed E-state index contributed by atoms with van der Waals surface area (Å²) >= 11 is 0. The van der Waals surface area contributed by atoms with Gasteiger partial charge in [0, 0.05) is 6.42 Å². The lowest BCUT2D eigenvalue weighted by molar-refractivity contribution is -0.00673. The van der Waals surface area contributed by atoms with Gasteiger partial charge in [0.05, 0.1) is 5.60 Å². The number of aliphatic hydroxyl groups is 1. The Kier molecular flexibility index (Phi) is 3.48. The van der Waals surface area contributed by atoms with E-state index in [1.54, 1.807) is 6.07 Å². The Hall–Kier alpha value is -0.960. The van der Waals surface area contributed by atoms with E-state index in [1.807, 2.05) is 0 Å². The summed E-state index contributed by atoms with van der Waals surface area (Å²) in [5.41, 5.74) is -0.0718. The molecule has 0 heterocycles. The zero-order valence-electron chi connectivity index (χ0n) is 10.0. The molecule has 1 aliphatic rings. The Balaban J connectivity index is 2.07. The van der Waals surface area contributed by atoms with E-state index >= 15 is 0 Å². The first-order valence-corrected chi connectivity index (χ1v) is 6.15. The van der Waals surface area contributed by atoms with Gasteiger partial charge < -0.3 is 5.11 Å². The molecule has 0 saturated heterocycles. The van der Waals surface area contributed by atoms with Crippen LogP contribution in [0, 0.1) is 17.6 Å². The van der Waals surface area contributed by atoms with E-state index in [-0.39, 0.29) is 0 Å². The molecule has 1 fully saturated rings. The lowest BCUT2D eigenvalue weighted by atomic mass is 9.76. The fourth-order valence-corrected chi connectivity index (χ4v) is 2.51. The molecule has 2 rings (SSSR count). The van der Waals surface area contributed by atoms with Crippen LogP contribution < -0.4 is 0 Å². The van der Waals surface area contributed by atoms with Gasteiger partial charge in [-0.3, -0.25) is 0 Å². The Morgan fingerprint density at radius 2 is 1.88 bits per heavy atom. The maximum atomic E-state index is 13.1. The van der Waals surface area contributed by atoms with Crippen LogP contribution in [0.5, 0.6) is 0 Å². The summed E-state index contributed by atoms with van der Waals surface area (Å²) < 4.78 is 25.9. The van der Waals surface area contributed by atoms with Crippen LogP contribution in [0.1, 0.15) is 38.2 Å². The van der Waals surface area contributed by atoms with Crippen LogP contribution in [0.2, 0.25) is 0 Å². The van der Waals surface area contributed by atoms with E-state index in [0.29, 0.717) is 17.9 Å². The van der Waals surface area contributed by atoms with E-state index in [9.17, 15) is 13.9 Å². The Labute approximate surface area is 100 Å². The molecule has 0 aromatic heterocycles. The van der Waals surface area contributed by atoms with Gasteiger partial charge in [0.15, 0.2) is 11.6 Å². The van der Waals surface area contributed by atoms with Gasteiger partial charge in [0.25, 0.3) is 0 Å². The van der Waals surface area contributed by atoms with Crippen LogP contribution in [-0.2, 0) is 6.42 Å². The molecule has 3 heteroatoms. The van der Waals surface area contributed by atoms with Crippen LogP contribution in [0.25, 0.3) is 0 Å². The van der Waals surface area contributed by atoms with E-state index in [4.69, 9.17) is 0 Å². The molecule has 1 aliphatic carbocycles. The highest BCUT2D eigenvalue weighted by molar-refractivity contribution is 5.20. The average Bonchev–Trinajstić information content (AvgIpc) is 2.28. The van der Waals surface area contributed by atoms with E-state index in [0.717, 1.165) is 31.7 Å². The van der Waals surface area contributed by atoms with Gasteiger partial charge in [-0.05, 0) is 49.3 Å². The molecule has 1 aromatic rings. The van der Waals surface area contributed by atoms with Gasteiger partial charge in [-0.2, -0.15) is 0 Å². The number of hydrogen-bond acceptors (Lipinski definition) is 1. The van der Waals surface area contributed by atoms with Crippen molar-refractivity contribution in [3.63, 3.8) is 0 Å². The molecule has 1 nitrogen and oxygen atoms in total. The molecule has 1 aromatic carbocycles. The van der Waals surface area contributed by atoms with Gasteiger partial charge in [0.1, 0.15) is 0 Å². The number of rotatable bonds is 2. The SMILES string of the molecule is CC1CCC(O)(Cc2ccc(F)c(F)c2)CC1. The first-order chi connectivity index (χ1) is 7.98. The summed E-state index contributed by atoms with van der Waals surface area (Å²) in [6.07, 6.45) is 3.90. The van der Waals surface area contributed by atoms with Crippen molar-refractivity contribution in [2.75, 3.05) is 0 Å². The Bertz CT molecular complexity index is 395. The Morgan fingerprint density at radius 1 is 1.24 bits per heavy atom. The van der Waals surface area contributed by atoms with Gasteiger partial charge in [-0.15, -0.1) is 0 Å². The third-order valence-corrected chi connectivity index (χ3v) is 3.72. The minimum atomic E-state index is -0.838. The van der Waals surface area contributed by atoms with Crippen LogP contribution in [0.15, 0.2) is 18.2 Å². The minimum Gasteiger partial charge on any atom is -0.390 e. The van der Waals surface area contributed by atoms with Crippen molar-refractivity contribution < 1.29 is 13.9 Å². The standard InChI is InChI=1S/C14H18F2O/c1-10-4-6-14(17,7-5-10)9-11-2-3-12(15)13(16)8-11/h2-3,8,10,17H,4-7,9H2,1H3. The van der Waals surface area contributed by atoms with Crippen LogP contribution in [0.4, 0.5) is 8.78 Å². The second-order valence-electron chi connectivity index (χ2n) is 5.33. The van der Waals surface area contributed by atoms with E-state index in [2.05, 4.69) is 6.92 Å². The van der Waals surface area contributed by atoms with E-state index in [1.165, 1.54) is 6.07 Å². The fourth-order valence-electron chi connectivity index (χ4n) is 2.51. The third kappa shape index (κ3) is 3.03. The van der Waals surface area contributed by atoms with Crippen molar-refractivity contribution in [1.29, 1.82) is 0 Å². The van der Waals surface area contributed by atoms with Crippen molar-refractivity contribution in [1.82, 2.24) is 0 Å². The van der Waals surface area contributed by atoms with Gasteiger partial charge in [-0.1, -0.05) is 13.0 Å². The van der Waals surface area contributed by atoms with Crippen molar-refractivity contribution in [3.8, 4) is 0 Å². The summed E-state index contributed by atoms with van der Waals surface area (Å²) in [6, 6.07) is 3.86. The summed E-state index contributed by atoms with van der Waals surface area (Å²) in [5.74, 6) is -1.02. The van der Waals surface area contributed by atoms with Crippen molar-refractivity contribution in [2.45, 2.75) is 44.6 Å². The molecule has 94 valence electrons. The Morgan fingerprint density at radius 3 is 2.47 bits per heavy atom. The number of benzene rings is 1. The molecule has 1 saturated carbocycles. The molecule has 1 N–H and O–H groups in total. The van der Waals surface area contributed by atoms with Crippen LogP contribution in [-0.4, -0.2) is 10.7 Å². The molecule has 0 unspecified atom stereocenters. The zero-order valence-corrected chi connectivity index (χ0v) is 10.0. The monoisotopic (exact) mass is 240 g/mol. The lowest BCUT2D eigenvalue weighted by Gasteiger charge is -2.35. The second-order valence-corrected chi connectivity index (χ2v) is 5.33. The maximum Gasteiger partial charge on any atom is 0.159 e. The molecule has 0 atom stereocenters. The highest BCUT2D eigenvalue weighted by Crippen LogP contribution is 2.34. The molecule has 17 heavy (non-hydrogen) atoms. The predicted molar refractivity (Wildman–Crippen MR) is 62.6 cm³/mol. The molecular formula is C14H18F2O. The lowest BCUT2D eigenvalue weighted by Crippen LogP contribution is -2.35. The van der Waals surface area contributed by atoms with Crippen LogP contribution >= 0.6 is 0 Å². The summed E-state index contributed by atoms with van der Waals surface area (Å²) in [4.78, 5) is 0. The van der Waals surface area contributed by atoms with Crippen LogP contribution in [0.3, 0.4) is 0 Å². The van der Waals surface area contributed by atoms with E-state index < -0.39 is 17.2 Å². The van der Waals surface area contributed by atoms with Gasteiger partial charge >= 0.3 is 0 Å². The van der Waals surface area contributed by atoms with Gasteiger partial charge in [0.2, 0.25) is 0 Å². The third-order valence-electron chi connectivity index (χ3n) is 3.72. The first kappa shape index (κ1) is 12.5. The summed E-state index contributed by atoms with van der Waals surface area (Å²) in [5, 5.41) is 10.4. The highest BCUT2D eigenvalue weighted by atomic mass is 19.2. The second kappa shape index (κ2) is 4.73. The smallest absolute Gasteiger partial charge is 0.159 e. The predicted octanol–water partition coefficient (Wildman–Crippen LogP) is 3.45. The normalized spacial score (nSPS) is 29.3. The van der Waals surface area contributed by atoms with Gasteiger partial charge in [-0.25, -0.2) is 8.78 Å². The number of hydrogen-bond donors (Lipinski definition) is 1. The summed E-state index contributed by atoms with van der Waals surface area (Å²) in [6.45, 7) is 2.18. The molecule has 0 bridgehead atoms. The molecule has 0 amide bonds. The average molecular weight is 240 g/mol. The molecule has 0 radical (unpaired) electrons. The quantitative estimate of drug-likeness (QED) is 0.839.